The van der Waals surface area contributed by atoms with E-state index in [0.717, 1.165) is 5.56 Å². The van der Waals surface area contributed by atoms with Gasteiger partial charge < -0.3 is 9.67 Å². The number of hydrogen-bond acceptors (Lipinski definition) is 2. The average Bonchev–Trinajstić information content (AvgIpc) is 2.43. The van der Waals surface area contributed by atoms with E-state index in [4.69, 9.17) is 5.11 Å². The van der Waals surface area contributed by atoms with Gasteiger partial charge in [0.1, 0.15) is 0 Å². The van der Waals surface area contributed by atoms with E-state index < -0.39 is 5.97 Å². The molecule has 0 saturated carbocycles. The molecule has 4 nitrogen and oxygen atoms in total. The Kier molecular flexibility index (Phi) is 3.74. The van der Waals surface area contributed by atoms with Crippen LogP contribution in [0.2, 0.25) is 0 Å². The minimum absolute atomic E-state index is 0.103. The number of aromatic carboxylic acids is 1. The molecule has 1 heterocycles. The summed E-state index contributed by atoms with van der Waals surface area (Å²) in [5.41, 5.74) is 1.73. The molecule has 4 heteroatoms. The number of hydrogen-bond donors (Lipinski definition) is 1. The zero-order valence-corrected chi connectivity index (χ0v) is 11.8. The van der Waals surface area contributed by atoms with Gasteiger partial charge in [-0.25, -0.2) is 4.79 Å². The molecule has 0 saturated heterocycles. The van der Waals surface area contributed by atoms with Crippen LogP contribution in [0.15, 0.2) is 41.3 Å². The van der Waals surface area contributed by atoms with Gasteiger partial charge >= 0.3 is 5.97 Å². The Bertz CT molecular complexity index is 702. The summed E-state index contributed by atoms with van der Waals surface area (Å²) < 4.78 is 1.59. The van der Waals surface area contributed by atoms with E-state index in [1.165, 1.54) is 0 Å². The smallest absolute Gasteiger partial charge is 0.336 e. The Hall–Kier alpha value is -2.36. The molecular formula is C16H17NO3. The van der Waals surface area contributed by atoms with Crippen molar-refractivity contribution in [1.82, 2.24) is 4.57 Å². The van der Waals surface area contributed by atoms with E-state index in [1.54, 1.807) is 24.6 Å². The summed E-state index contributed by atoms with van der Waals surface area (Å²) in [6.45, 7) is 5.20. The molecule has 0 aliphatic heterocycles. The summed E-state index contributed by atoms with van der Waals surface area (Å²) in [5.74, 6) is -1.06. The topological polar surface area (TPSA) is 59.3 Å². The third-order valence-corrected chi connectivity index (χ3v) is 3.57. The number of nitrogens with zero attached hydrogens (tertiary/aromatic N) is 1. The summed E-state index contributed by atoms with van der Waals surface area (Å²) in [6, 6.07) is 9.52. The molecule has 1 atom stereocenters. The highest BCUT2D eigenvalue weighted by molar-refractivity contribution is 5.90. The molecule has 0 aliphatic rings. The van der Waals surface area contributed by atoms with Crippen LogP contribution in [0.4, 0.5) is 0 Å². The van der Waals surface area contributed by atoms with Crippen molar-refractivity contribution < 1.29 is 9.90 Å². The fourth-order valence-corrected chi connectivity index (χ4v) is 2.44. The van der Waals surface area contributed by atoms with E-state index in [0.29, 0.717) is 5.56 Å². The van der Waals surface area contributed by atoms with Gasteiger partial charge in [0.05, 0.1) is 11.6 Å². The molecule has 1 unspecified atom stereocenters. The lowest BCUT2D eigenvalue weighted by Crippen LogP contribution is -2.28. The first-order valence-corrected chi connectivity index (χ1v) is 6.44. The Balaban J connectivity index is 2.60. The van der Waals surface area contributed by atoms with Crippen LogP contribution in [0, 0.1) is 13.8 Å². The number of pyridine rings is 1. The van der Waals surface area contributed by atoms with Gasteiger partial charge in [-0.2, -0.15) is 0 Å². The van der Waals surface area contributed by atoms with Crippen LogP contribution in [-0.4, -0.2) is 15.6 Å². The molecule has 0 spiro atoms. The average molecular weight is 271 g/mol. The lowest BCUT2D eigenvalue weighted by Gasteiger charge is -2.18. The molecule has 20 heavy (non-hydrogen) atoms. The first kappa shape index (κ1) is 14.1. The molecule has 2 rings (SSSR count). The van der Waals surface area contributed by atoms with E-state index in [9.17, 15) is 9.59 Å². The van der Waals surface area contributed by atoms with Crippen LogP contribution in [0.25, 0.3) is 0 Å². The van der Waals surface area contributed by atoms with Gasteiger partial charge in [0.25, 0.3) is 5.56 Å². The summed E-state index contributed by atoms with van der Waals surface area (Å²) in [4.78, 5) is 23.6. The zero-order chi connectivity index (χ0) is 14.9. The van der Waals surface area contributed by atoms with Crippen molar-refractivity contribution in [1.29, 1.82) is 0 Å². The molecule has 0 bridgehead atoms. The second kappa shape index (κ2) is 5.33. The maximum atomic E-state index is 12.4. The number of aromatic nitrogens is 1. The number of carboxylic acid groups (broad SMARTS) is 1. The van der Waals surface area contributed by atoms with Gasteiger partial charge in [-0.15, -0.1) is 0 Å². The second-order valence-electron chi connectivity index (χ2n) is 4.92. The number of rotatable bonds is 3. The molecule has 1 aromatic heterocycles. The lowest BCUT2D eigenvalue weighted by atomic mass is 10.0. The SMILES string of the molecule is Cc1cn(C(C)c2ccccc2)c(=O)c(C)c1C(=O)O. The highest BCUT2D eigenvalue weighted by Gasteiger charge is 2.18. The molecule has 1 aromatic carbocycles. The summed E-state index contributed by atoms with van der Waals surface area (Å²) in [6.07, 6.45) is 1.62. The van der Waals surface area contributed by atoms with Crippen LogP contribution in [-0.2, 0) is 0 Å². The normalized spacial score (nSPS) is 12.2. The highest BCUT2D eigenvalue weighted by Crippen LogP contribution is 2.18. The van der Waals surface area contributed by atoms with E-state index in [1.807, 2.05) is 37.3 Å². The molecule has 0 radical (unpaired) electrons. The maximum Gasteiger partial charge on any atom is 0.336 e. The van der Waals surface area contributed by atoms with E-state index >= 15 is 0 Å². The summed E-state index contributed by atoms with van der Waals surface area (Å²) in [7, 11) is 0. The quantitative estimate of drug-likeness (QED) is 0.933. The Morgan fingerprint density at radius 2 is 1.80 bits per heavy atom. The minimum Gasteiger partial charge on any atom is -0.478 e. The standard InChI is InChI=1S/C16H17NO3/c1-10-9-17(12(3)13-7-5-4-6-8-13)15(18)11(2)14(10)16(19)20/h4-9,12H,1-3H3,(H,19,20). The molecule has 1 N–H and O–H groups in total. The van der Waals surface area contributed by atoms with Crippen molar-refractivity contribution in [2.45, 2.75) is 26.8 Å². The van der Waals surface area contributed by atoms with Crippen LogP contribution < -0.4 is 5.56 Å². The van der Waals surface area contributed by atoms with Gasteiger partial charge in [0.15, 0.2) is 0 Å². The van der Waals surface area contributed by atoms with Crippen LogP contribution >= 0.6 is 0 Å². The monoisotopic (exact) mass is 271 g/mol. The third kappa shape index (κ3) is 2.37. The lowest BCUT2D eigenvalue weighted by molar-refractivity contribution is 0.0695. The predicted octanol–water partition coefficient (Wildman–Crippen LogP) is 2.77. The number of aryl methyl sites for hydroxylation is 1. The largest absolute Gasteiger partial charge is 0.478 e. The third-order valence-electron chi connectivity index (χ3n) is 3.57. The first-order chi connectivity index (χ1) is 9.43. The Labute approximate surface area is 117 Å². The molecule has 104 valence electrons. The number of carbonyl (C=O) groups is 1. The van der Waals surface area contributed by atoms with E-state index in [2.05, 4.69) is 0 Å². The fourth-order valence-electron chi connectivity index (χ4n) is 2.44. The van der Waals surface area contributed by atoms with Crippen LogP contribution in [0.3, 0.4) is 0 Å². The second-order valence-corrected chi connectivity index (χ2v) is 4.92. The fraction of sp³-hybridized carbons (Fsp3) is 0.250. The molecule has 2 aromatic rings. The van der Waals surface area contributed by atoms with Gasteiger partial charge in [-0.05, 0) is 31.9 Å². The maximum absolute atomic E-state index is 12.4. The van der Waals surface area contributed by atoms with Gasteiger partial charge in [-0.1, -0.05) is 30.3 Å². The van der Waals surface area contributed by atoms with Crippen molar-refractivity contribution >= 4 is 5.97 Å². The van der Waals surface area contributed by atoms with Crippen molar-refractivity contribution in [3.8, 4) is 0 Å². The minimum atomic E-state index is -1.06. The number of benzene rings is 1. The van der Waals surface area contributed by atoms with Crippen molar-refractivity contribution in [3.63, 3.8) is 0 Å². The van der Waals surface area contributed by atoms with Crippen molar-refractivity contribution in [2.24, 2.45) is 0 Å². The molecule has 0 amide bonds. The molecule has 0 aliphatic carbocycles. The Morgan fingerprint density at radius 1 is 1.20 bits per heavy atom. The van der Waals surface area contributed by atoms with Gasteiger partial charge in [0.2, 0.25) is 0 Å². The first-order valence-electron chi connectivity index (χ1n) is 6.44. The highest BCUT2D eigenvalue weighted by atomic mass is 16.4. The summed E-state index contributed by atoms with van der Waals surface area (Å²) >= 11 is 0. The van der Waals surface area contributed by atoms with Gasteiger partial charge in [-0.3, -0.25) is 4.79 Å². The molecular weight excluding hydrogens is 254 g/mol. The Morgan fingerprint density at radius 3 is 2.35 bits per heavy atom. The van der Waals surface area contributed by atoms with Crippen LogP contribution in [0.5, 0.6) is 0 Å². The molecule has 0 fully saturated rings. The zero-order valence-electron chi connectivity index (χ0n) is 11.8. The van der Waals surface area contributed by atoms with Crippen molar-refractivity contribution in [2.75, 3.05) is 0 Å². The summed E-state index contributed by atoms with van der Waals surface area (Å²) in [5, 5.41) is 9.17. The van der Waals surface area contributed by atoms with E-state index in [-0.39, 0.29) is 22.7 Å². The van der Waals surface area contributed by atoms with Gasteiger partial charge in [0, 0.05) is 11.8 Å². The predicted molar refractivity (Wildman–Crippen MR) is 77.4 cm³/mol. The van der Waals surface area contributed by atoms with Crippen LogP contribution in [0.1, 0.15) is 40.0 Å². The van der Waals surface area contributed by atoms with Crippen molar-refractivity contribution in [3.05, 3.63) is 69.1 Å². The number of carboxylic acids is 1.